The molecule has 368 valence electrons. The van der Waals surface area contributed by atoms with Crippen molar-refractivity contribution in [3.8, 4) is 0 Å². The molecule has 3 rings (SSSR count). The van der Waals surface area contributed by atoms with Crippen molar-refractivity contribution in [3.63, 3.8) is 0 Å². The molecule has 3 aromatic rings. The van der Waals surface area contributed by atoms with Crippen LogP contribution in [0, 0.1) is 0 Å². The van der Waals surface area contributed by atoms with Gasteiger partial charge in [-0.05, 0) is 95.2 Å². The lowest BCUT2D eigenvalue weighted by molar-refractivity contribution is -0.192. The lowest BCUT2D eigenvalue weighted by Crippen LogP contribution is -2.34. The first kappa shape index (κ1) is 45.0. The second-order valence-corrected chi connectivity index (χ2v) is 16.6. The number of nitrogens with zero attached hydrogens (tertiary/aromatic N) is 3. The Bertz CT molecular complexity index is 2170. The van der Waals surface area contributed by atoms with E-state index in [1.165, 1.54) is 5.06 Å². The van der Waals surface area contributed by atoms with Crippen LogP contribution in [0.15, 0.2) is 91.0 Å². The molecule has 6 amide bonds. The Morgan fingerprint density at radius 1 is 0.507 bits per heavy atom. The molecule has 0 bridgehead atoms. The van der Waals surface area contributed by atoms with Gasteiger partial charge >= 0.3 is 6.09 Å². The van der Waals surface area contributed by atoms with E-state index in [0.717, 1.165) is 21.3 Å². The van der Waals surface area contributed by atoms with E-state index >= 15 is 0 Å². The highest BCUT2D eigenvalue weighted by molar-refractivity contribution is 5.84. The number of carbonyl (C=O) groups excluding carboxylic acids is 6. The molecular weight excluding hydrogens is 857 g/mol. The van der Waals surface area contributed by atoms with Gasteiger partial charge in [0.2, 0.25) is 29.5 Å². The molecule has 0 aliphatic heterocycles. The number of ether oxygens (including phenoxy) is 1. The largest absolute Gasteiger partial charge is 0.444 e. The normalized spacial score (nSPS) is 13.2. The maximum absolute atomic E-state index is 13.8. The van der Waals surface area contributed by atoms with Crippen LogP contribution in [0.2, 0.25) is 0 Å². The Balaban J connectivity index is 1.47. The molecule has 0 aromatic heterocycles. The SMILES string of the molecule is [2H]C([2H])([2H])C(=O)N(CCCCCNC(=O)C([2H])([2H])C([2H])([2H])C(=O)N(CCCCCNC(=O)CCC(=O)N(CCCCCNC(=O)OC(C)(C)C)OCc1ccccc1)OCc1ccccc1)OCc1ccccc1. The Kier molecular flexibility index (Phi) is 22.0. The number of unbranched alkanes of at least 4 members (excludes halogenated alkanes) is 6. The van der Waals surface area contributed by atoms with E-state index in [0.29, 0.717) is 50.6 Å². The first-order valence-electron chi connectivity index (χ1n) is 26.5. The summed E-state index contributed by atoms with van der Waals surface area (Å²) in [6.45, 7) is 2.98. The summed E-state index contributed by atoms with van der Waals surface area (Å²) in [5, 5.41) is 10.6. The number of alkyl carbamates (subject to hydrolysis) is 1. The number of hydrogen-bond donors (Lipinski definition) is 3. The number of rotatable bonds is 33. The van der Waals surface area contributed by atoms with Crippen LogP contribution in [-0.2, 0) is 63.0 Å². The van der Waals surface area contributed by atoms with Crippen LogP contribution in [0.3, 0.4) is 0 Å². The van der Waals surface area contributed by atoms with Crippen molar-refractivity contribution >= 4 is 35.6 Å². The van der Waals surface area contributed by atoms with E-state index in [1.807, 2.05) is 30.3 Å². The minimum atomic E-state index is -3.38. The van der Waals surface area contributed by atoms with E-state index in [2.05, 4.69) is 16.0 Å². The number of amides is 6. The minimum absolute atomic E-state index is 0.0360. The van der Waals surface area contributed by atoms with Gasteiger partial charge in [-0.1, -0.05) is 91.0 Å². The van der Waals surface area contributed by atoms with Crippen LogP contribution in [0.25, 0.3) is 0 Å². The molecule has 0 spiro atoms. The summed E-state index contributed by atoms with van der Waals surface area (Å²) in [6, 6.07) is 27.0. The molecule has 67 heavy (non-hydrogen) atoms. The van der Waals surface area contributed by atoms with Gasteiger partial charge in [0.15, 0.2) is 0 Å². The van der Waals surface area contributed by atoms with Crippen LogP contribution in [0.1, 0.15) is 137 Å². The fourth-order valence-electron chi connectivity index (χ4n) is 6.15. The van der Waals surface area contributed by atoms with Crippen molar-refractivity contribution in [2.45, 2.75) is 136 Å². The van der Waals surface area contributed by atoms with Crippen molar-refractivity contribution < 1.29 is 57.6 Å². The topological polar surface area (TPSA) is 185 Å². The lowest BCUT2D eigenvalue weighted by Gasteiger charge is -2.22. The highest BCUT2D eigenvalue weighted by Gasteiger charge is 2.19. The summed E-state index contributed by atoms with van der Waals surface area (Å²) >= 11 is 0. The van der Waals surface area contributed by atoms with Crippen LogP contribution >= 0.6 is 0 Å². The summed E-state index contributed by atoms with van der Waals surface area (Å²) < 4.78 is 61.9. The van der Waals surface area contributed by atoms with Crippen molar-refractivity contribution in [2.75, 3.05) is 39.3 Å². The summed E-state index contributed by atoms with van der Waals surface area (Å²) in [6.07, 6.45) is -3.45. The predicted octanol–water partition coefficient (Wildman–Crippen LogP) is 7.72. The Hall–Kier alpha value is -5.84. The number of hydrogen-bond acceptors (Lipinski definition) is 10. The van der Waals surface area contributed by atoms with E-state index < -0.39 is 49.0 Å². The molecule has 0 saturated carbocycles. The highest BCUT2D eigenvalue weighted by Crippen LogP contribution is 2.12. The molecule has 16 nitrogen and oxygen atoms in total. The van der Waals surface area contributed by atoms with Crippen LogP contribution in [0.4, 0.5) is 4.79 Å². The fraction of sp³-hybridized carbons (Fsp3) is 0.529. The lowest BCUT2D eigenvalue weighted by atomic mass is 10.2. The molecule has 3 N–H and O–H groups in total. The van der Waals surface area contributed by atoms with Gasteiger partial charge in [-0.25, -0.2) is 20.0 Å². The van der Waals surface area contributed by atoms with E-state index in [1.54, 1.807) is 81.4 Å². The van der Waals surface area contributed by atoms with Gasteiger partial charge in [0.05, 0.1) is 0 Å². The van der Waals surface area contributed by atoms with Gasteiger partial charge in [-0.2, -0.15) is 0 Å². The minimum Gasteiger partial charge on any atom is -0.444 e. The molecular formula is C51H74N6O10. The standard InChI is InChI=1S/C51H74N6O10/c1-42(58)55(64-39-43-23-11-5-12-24-43)36-20-8-17-33-52-46(59)29-31-48(61)56(65-40-44-25-13-6-14-26-44)37-21-9-18-34-53-47(60)30-32-49(62)57(66-41-45-27-15-7-16-28-45)38-22-10-19-35-54-50(63)67-51(2,3)4/h5-7,11-16,23-28H,8-10,17-22,29-41H2,1-4H3,(H,52,59)(H,53,60)(H,54,63)/i1D3,29D2,31D2. The van der Waals surface area contributed by atoms with Gasteiger partial charge in [0.1, 0.15) is 25.4 Å². The van der Waals surface area contributed by atoms with Gasteiger partial charge in [-0.3, -0.25) is 38.5 Å². The van der Waals surface area contributed by atoms with Gasteiger partial charge in [0, 0.05) is 81.3 Å². The van der Waals surface area contributed by atoms with Crippen molar-refractivity contribution in [1.29, 1.82) is 0 Å². The third kappa shape index (κ3) is 26.8. The molecule has 0 atom stereocenters. The summed E-state index contributed by atoms with van der Waals surface area (Å²) in [4.78, 5) is 94.5. The second kappa shape index (κ2) is 32.8. The average molecular weight is 938 g/mol. The maximum Gasteiger partial charge on any atom is 0.407 e. The molecule has 0 radical (unpaired) electrons. The van der Waals surface area contributed by atoms with Crippen molar-refractivity contribution in [1.82, 2.24) is 31.1 Å². The zero-order chi connectivity index (χ0) is 54.6. The van der Waals surface area contributed by atoms with Gasteiger partial charge in [0.25, 0.3) is 0 Å². The Morgan fingerprint density at radius 2 is 0.925 bits per heavy atom. The fourth-order valence-corrected chi connectivity index (χ4v) is 6.15. The van der Waals surface area contributed by atoms with E-state index in [9.17, 15) is 28.8 Å². The molecule has 0 fully saturated rings. The molecule has 0 unspecified atom stereocenters. The quantitative estimate of drug-likeness (QED) is 0.0404. The second-order valence-electron chi connectivity index (χ2n) is 16.6. The van der Waals surface area contributed by atoms with Crippen LogP contribution in [0.5, 0.6) is 0 Å². The Labute approximate surface area is 407 Å². The Morgan fingerprint density at radius 3 is 1.39 bits per heavy atom. The molecule has 0 saturated heterocycles. The predicted molar refractivity (Wildman–Crippen MR) is 255 cm³/mol. The maximum atomic E-state index is 13.8. The molecule has 3 aromatic carbocycles. The third-order valence-electron chi connectivity index (χ3n) is 9.66. The molecule has 0 aliphatic carbocycles. The summed E-state index contributed by atoms with van der Waals surface area (Å²) in [5.74, 6) is -4.67. The number of hydroxylamine groups is 6. The smallest absolute Gasteiger partial charge is 0.407 e. The van der Waals surface area contributed by atoms with Crippen LogP contribution < -0.4 is 16.0 Å². The number of nitrogens with one attached hydrogen (secondary N) is 3. The molecule has 0 aliphatic rings. The van der Waals surface area contributed by atoms with Gasteiger partial charge in [-0.15, -0.1) is 0 Å². The van der Waals surface area contributed by atoms with Gasteiger partial charge < -0.3 is 20.7 Å². The van der Waals surface area contributed by atoms with E-state index in [-0.39, 0.29) is 96.5 Å². The molecule has 16 heteroatoms. The monoisotopic (exact) mass is 938 g/mol. The third-order valence-corrected chi connectivity index (χ3v) is 9.66. The number of benzene rings is 3. The average Bonchev–Trinajstić information content (AvgIpc) is 3.36. The zero-order valence-corrected chi connectivity index (χ0v) is 39.2. The summed E-state index contributed by atoms with van der Waals surface area (Å²) in [5.41, 5.74) is 1.64. The van der Waals surface area contributed by atoms with E-state index in [4.69, 9.17) is 28.8 Å². The number of carbonyl (C=O) groups is 6. The van der Waals surface area contributed by atoms with Crippen molar-refractivity contribution in [3.05, 3.63) is 108 Å². The first-order chi connectivity index (χ1) is 35.0. The zero-order valence-electron chi connectivity index (χ0n) is 46.2. The first-order valence-corrected chi connectivity index (χ1v) is 23.0. The summed E-state index contributed by atoms with van der Waals surface area (Å²) in [7, 11) is 0. The highest BCUT2D eigenvalue weighted by atomic mass is 16.7. The van der Waals surface area contributed by atoms with Crippen molar-refractivity contribution in [2.24, 2.45) is 0 Å². The molecule has 0 heterocycles. The van der Waals surface area contributed by atoms with Crippen LogP contribution in [-0.4, -0.2) is 95.7 Å².